The predicted molar refractivity (Wildman–Crippen MR) is 41.3 cm³/mol. The fraction of sp³-hybridized carbons (Fsp3) is 1.00. The summed E-state index contributed by atoms with van der Waals surface area (Å²) < 4.78 is 5.53. The molecule has 0 aromatic carbocycles. The number of hydrogen-bond acceptors (Lipinski definition) is 3. The molecule has 1 aliphatic heterocycles. The summed E-state index contributed by atoms with van der Waals surface area (Å²) in [5.41, 5.74) is -0.866. The summed E-state index contributed by atoms with van der Waals surface area (Å²) in [4.78, 5) is 0. The van der Waals surface area contributed by atoms with E-state index in [0.29, 0.717) is 0 Å². The van der Waals surface area contributed by atoms with Gasteiger partial charge in [0.05, 0.1) is 24.4 Å². The van der Waals surface area contributed by atoms with Gasteiger partial charge in [-0.3, -0.25) is 0 Å². The summed E-state index contributed by atoms with van der Waals surface area (Å²) in [5.74, 6) is 0. The second kappa shape index (κ2) is 2.73. The smallest absolute Gasteiger partial charge is 0.0893 e. The lowest BCUT2D eigenvalue weighted by atomic mass is 9.99. The molecule has 1 heterocycles. The van der Waals surface area contributed by atoms with Crippen molar-refractivity contribution in [1.29, 1.82) is 0 Å². The summed E-state index contributed by atoms with van der Waals surface area (Å²) in [6.07, 6.45) is 1.64. The van der Waals surface area contributed by atoms with Gasteiger partial charge in [0.15, 0.2) is 0 Å². The third-order valence-electron chi connectivity index (χ3n) is 2.34. The third kappa shape index (κ3) is 1.72. The maximum Gasteiger partial charge on any atom is 0.0893 e. The van der Waals surface area contributed by atoms with Crippen LogP contribution in [0.4, 0.5) is 0 Å². The van der Waals surface area contributed by atoms with Crippen molar-refractivity contribution in [3.05, 3.63) is 0 Å². The SMILES string of the molecule is C[C@]1(CO)CC[C@](C)(CO)O1. The van der Waals surface area contributed by atoms with Crippen molar-refractivity contribution in [3.8, 4) is 0 Å². The molecular formula is C8H16O3. The molecule has 3 nitrogen and oxygen atoms in total. The monoisotopic (exact) mass is 160 g/mol. The highest BCUT2D eigenvalue weighted by Gasteiger charge is 2.42. The van der Waals surface area contributed by atoms with Gasteiger partial charge in [-0.15, -0.1) is 0 Å². The lowest BCUT2D eigenvalue weighted by Gasteiger charge is -2.27. The Balaban J connectivity index is 2.58. The minimum atomic E-state index is -0.433. The molecule has 0 unspecified atom stereocenters. The second-order valence-electron chi connectivity index (χ2n) is 3.82. The van der Waals surface area contributed by atoms with Crippen molar-refractivity contribution in [3.63, 3.8) is 0 Å². The fourth-order valence-corrected chi connectivity index (χ4v) is 1.45. The van der Waals surface area contributed by atoms with E-state index in [4.69, 9.17) is 14.9 Å². The molecule has 0 spiro atoms. The van der Waals surface area contributed by atoms with Gasteiger partial charge < -0.3 is 14.9 Å². The summed E-state index contributed by atoms with van der Waals surface area (Å²) in [7, 11) is 0. The van der Waals surface area contributed by atoms with Gasteiger partial charge in [0.25, 0.3) is 0 Å². The van der Waals surface area contributed by atoms with Gasteiger partial charge in [-0.2, -0.15) is 0 Å². The summed E-state index contributed by atoms with van der Waals surface area (Å²) in [5, 5.41) is 17.9. The van der Waals surface area contributed by atoms with Crippen LogP contribution in [0.1, 0.15) is 26.7 Å². The zero-order valence-corrected chi connectivity index (χ0v) is 7.13. The topological polar surface area (TPSA) is 49.7 Å². The molecule has 3 heteroatoms. The Hall–Kier alpha value is -0.120. The number of ether oxygens (including phenoxy) is 1. The van der Waals surface area contributed by atoms with Crippen LogP contribution in [0, 0.1) is 0 Å². The normalized spacial score (nSPS) is 44.7. The number of aliphatic hydroxyl groups is 2. The van der Waals surface area contributed by atoms with Crippen molar-refractivity contribution in [2.75, 3.05) is 13.2 Å². The van der Waals surface area contributed by atoms with Gasteiger partial charge in [0.2, 0.25) is 0 Å². The lowest BCUT2D eigenvalue weighted by molar-refractivity contribution is -0.124. The number of rotatable bonds is 2. The maximum absolute atomic E-state index is 8.95. The van der Waals surface area contributed by atoms with Crippen molar-refractivity contribution in [2.24, 2.45) is 0 Å². The molecule has 0 bridgehead atoms. The molecule has 1 saturated heterocycles. The van der Waals surface area contributed by atoms with Crippen LogP contribution in [0.3, 0.4) is 0 Å². The first-order chi connectivity index (χ1) is 5.04. The first kappa shape index (κ1) is 8.97. The largest absolute Gasteiger partial charge is 0.393 e. The molecule has 0 aromatic rings. The number of hydrogen-bond donors (Lipinski definition) is 2. The zero-order valence-electron chi connectivity index (χ0n) is 7.13. The lowest BCUT2D eigenvalue weighted by Crippen LogP contribution is -2.36. The Kier molecular flexibility index (Phi) is 2.23. The zero-order chi connectivity index (χ0) is 8.54. The van der Waals surface area contributed by atoms with Crippen LogP contribution in [0.5, 0.6) is 0 Å². The predicted octanol–water partition coefficient (Wildman–Crippen LogP) is 0.299. The van der Waals surface area contributed by atoms with Crippen LogP contribution < -0.4 is 0 Å². The average molecular weight is 160 g/mol. The second-order valence-corrected chi connectivity index (χ2v) is 3.82. The molecule has 0 aliphatic carbocycles. The summed E-state index contributed by atoms with van der Waals surface area (Å²) in [6, 6.07) is 0. The average Bonchev–Trinajstić information content (AvgIpc) is 2.30. The highest BCUT2D eigenvalue weighted by molar-refractivity contribution is 4.91. The van der Waals surface area contributed by atoms with E-state index >= 15 is 0 Å². The summed E-state index contributed by atoms with van der Waals surface area (Å²) >= 11 is 0. The molecule has 2 N–H and O–H groups in total. The Labute approximate surface area is 67.0 Å². The highest BCUT2D eigenvalue weighted by atomic mass is 16.5. The van der Waals surface area contributed by atoms with Crippen molar-refractivity contribution < 1.29 is 14.9 Å². The molecule has 2 atom stereocenters. The van der Waals surface area contributed by atoms with E-state index in [0.717, 1.165) is 12.8 Å². The van der Waals surface area contributed by atoms with Crippen LogP contribution in [-0.4, -0.2) is 34.6 Å². The van der Waals surface area contributed by atoms with Crippen LogP contribution in [0.2, 0.25) is 0 Å². The molecule has 11 heavy (non-hydrogen) atoms. The fourth-order valence-electron chi connectivity index (χ4n) is 1.45. The Morgan fingerprint density at radius 2 is 1.45 bits per heavy atom. The maximum atomic E-state index is 8.95. The van der Waals surface area contributed by atoms with Gasteiger partial charge >= 0.3 is 0 Å². The minimum Gasteiger partial charge on any atom is -0.393 e. The molecular weight excluding hydrogens is 144 g/mol. The van der Waals surface area contributed by atoms with Crippen LogP contribution >= 0.6 is 0 Å². The van der Waals surface area contributed by atoms with Crippen molar-refractivity contribution >= 4 is 0 Å². The van der Waals surface area contributed by atoms with Crippen molar-refractivity contribution in [2.45, 2.75) is 37.9 Å². The molecule has 0 saturated carbocycles. The van der Waals surface area contributed by atoms with E-state index in [-0.39, 0.29) is 13.2 Å². The minimum absolute atomic E-state index is 0.0303. The van der Waals surface area contributed by atoms with Gasteiger partial charge in [0.1, 0.15) is 0 Å². The van der Waals surface area contributed by atoms with Gasteiger partial charge in [-0.25, -0.2) is 0 Å². The Morgan fingerprint density at radius 3 is 1.64 bits per heavy atom. The molecule has 1 rings (SSSR count). The Morgan fingerprint density at radius 1 is 1.09 bits per heavy atom. The quantitative estimate of drug-likeness (QED) is 0.610. The van der Waals surface area contributed by atoms with Crippen LogP contribution in [-0.2, 0) is 4.74 Å². The molecule has 1 aliphatic rings. The molecule has 0 aromatic heterocycles. The standard InChI is InChI=1S/C8H16O3/c1-7(5-9)3-4-8(2,6-10)11-7/h9-10H,3-6H2,1-2H3/t7-,8-/m1/s1. The van der Waals surface area contributed by atoms with E-state index in [1.165, 1.54) is 0 Å². The molecule has 0 amide bonds. The highest BCUT2D eigenvalue weighted by Crippen LogP contribution is 2.36. The Bertz CT molecular complexity index is 132. The van der Waals surface area contributed by atoms with E-state index in [9.17, 15) is 0 Å². The van der Waals surface area contributed by atoms with Gasteiger partial charge in [-0.05, 0) is 26.7 Å². The van der Waals surface area contributed by atoms with E-state index in [1.807, 2.05) is 13.8 Å². The van der Waals surface area contributed by atoms with Crippen LogP contribution in [0.15, 0.2) is 0 Å². The van der Waals surface area contributed by atoms with E-state index < -0.39 is 11.2 Å². The van der Waals surface area contributed by atoms with Gasteiger partial charge in [0, 0.05) is 0 Å². The first-order valence-corrected chi connectivity index (χ1v) is 3.95. The first-order valence-electron chi connectivity index (χ1n) is 3.95. The van der Waals surface area contributed by atoms with E-state index in [1.54, 1.807) is 0 Å². The molecule has 0 radical (unpaired) electrons. The molecule has 1 fully saturated rings. The van der Waals surface area contributed by atoms with Gasteiger partial charge in [-0.1, -0.05) is 0 Å². The third-order valence-corrected chi connectivity index (χ3v) is 2.34. The van der Waals surface area contributed by atoms with E-state index in [2.05, 4.69) is 0 Å². The molecule has 66 valence electrons. The van der Waals surface area contributed by atoms with Crippen LogP contribution in [0.25, 0.3) is 0 Å². The number of aliphatic hydroxyl groups excluding tert-OH is 2. The summed E-state index contributed by atoms with van der Waals surface area (Å²) in [6.45, 7) is 3.80. The van der Waals surface area contributed by atoms with Crippen molar-refractivity contribution in [1.82, 2.24) is 0 Å².